The molecule has 0 aliphatic carbocycles. The molecule has 0 heterocycles. The Kier molecular flexibility index (Phi) is 20.0. The van der Waals surface area contributed by atoms with Crippen molar-refractivity contribution in [2.75, 3.05) is 6.61 Å². The third kappa shape index (κ3) is 25.5. The molecule has 0 aromatic rings. The summed E-state index contributed by atoms with van der Waals surface area (Å²) < 4.78 is 5.37. The largest absolute Gasteiger partial charge is 0.466 e. The standard InChI is InChI=1S/C28H56O2/c1-26(2)22-18-15-13-11-9-7-6-8-10-12-14-16-21-25-30-27(29)23-19-17-20-24-28(3,4)5/h26H,6-25H2,1-5H3. The fourth-order valence-corrected chi connectivity index (χ4v) is 3.96. The van der Waals surface area contributed by atoms with Crippen LogP contribution >= 0.6 is 0 Å². The molecule has 0 fully saturated rings. The SMILES string of the molecule is CC(C)CCCCCCCCCCCCCCCOC(=O)CCCCCC(C)(C)C. The Bertz CT molecular complexity index is 367. The molecule has 0 aromatic carbocycles. The lowest BCUT2D eigenvalue weighted by Crippen LogP contribution is -2.06. The van der Waals surface area contributed by atoms with E-state index in [1.54, 1.807) is 0 Å². The maximum Gasteiger partial charge on any atom is 0.305 e. The minimum atomic E-state index is 0.00526. The van der Waals surface area contributed by atoms with Crippen LogP contribution in [0.1, 0.15) is 157 Å². The molecule has 0 N–H and O–H groups in total. The Hall–Kier alpha value is -0.530. The fraction of sp³-hybridized carbons (Fsp3) is 0.964. The number of carbonyl (C=O) groups excluding carboxylic acids is 1. The lowest BCUT2D eigenvalue weighted by molar-refractivity contribution is -0.143. The quantitative estimate of drug-likeness (QED) is 0.135. The molecule has 0 bridgehead atoms. The third-order valence-electron chi connectivity index (χ3n) is 6.00. The maximum atomic E-state index is 11.7. The number of unbranched alkanes of at least 4 members (excludes halogenated alkanes) is 14. The highest BCUT2D eigenvalue weighted by molar-refractivity contribution is 5.69. The molecule has 0 spiro atoms. The minimum absolute atomic E-state index is 0.00526. The Morgan fingerprint density at radius 3 is 1.53 bits per heavy atom. The smallest absolute Gasteiger partial charge is 0.305 e. The summed E-state index contributed by atoms with van der Waals surface area (Å²) in [4.78, 5) is 11.7. The molecular formula is C28H56O2. The molecule has 0 saturated heterocycles. The predicted molar refractivity (Wildman–Crippen MR) is 133 cm³/mol. The van der Waals surface area contributed by atoms with Gasteiger partial charge in [0, 0.05) is 6.42 Å². The Balaban J connectivity index is 3.18. The van der Waals surface area contributed by atoms with Crippen molar-refractivity contribution in [2.45, 2.75) is 157 Å². The number of hydrogen-bond donors (Lipinski definition) is 0. The zero-order chi connectivity index (χ0) is 22.5. The van der Waals surface area contributed by atoms with Gasteiger partial charge in [0.25, 0.3) is 0 Å². The number of ether oxygens (including phenoxy) is 1. The van der Waals surface area contributed by atoms with Gasteiger partial charge in [-0.2, -0.15) is 0 Å². The summed E-state index contributed by atoms with van der Waals surface area (Å²) in [6.45, 7) is 12.1. The minimum Gasteiger partial charge on any atom is -0.466 e. The van der Waals surface area contributed by atoms with E-state index in [-0.39, 0.29) is 5.97 Å². The zero-order valence-corrected chi connectivity index (χ0v) is 21.5. The van der Waals surface area contributed by atoms with Crippen molar-refractivity contribution in [1.82, 2.24) is 0 Å². The van der Waals surface area contributed by atoms with Crippen LogP contribution in [0, 0.1) is 11.3 Å². The van der Waals surface area contributed by atoms with Crippen LogP contribution in [-0.4, -0.2) is 12.6 Å². The molecule has 0 saturated carbocycles. The topological polar surface area (TPSA) is 26.3 Å². The molecule has 180 valence electrons. The van der Waals surface area contributed by atoms with E-state index in [0.29, 0.717) is 18.4 Å². The van der Waals surface area contributed by atoms with Gasteiger partial charge < -0.3 is 4.74 Å². The molecule has 0 atom stereocenters. The molecule has 0 rings (SSSR count). The predicted octanol–water partition coefficient (Wildman–Crippen LogP) is 9.64. The third-order valence-corrected chi connectivity index (χ3v) is 6.00. The van der Waals surface area contributed by atoms with Gasteiger partial charge in [-0.15, -0.1) is 0 Å². The monoisotopic (exact) mass is 424 g/mol. The molecule has 0 unspecified atom stereocenters. The van der Waals surface area contributed by atoms with Gasteiger partial charge >= 0.3 is 5.97 Å². The number of rotatable bonds is 21. The van der Waals surface area contributed by atoms with Crippen LogP contribution in [0.2, 0.25) is 0 Å². The van der Waals surface area contributed by atoms with E-state index >= 15 is 0 Å². The summed E-state index contributed by atoms with van der Waals surface area (Å²) in [6.07, 6.45) is 24.2. The lowest BCUT2D eigenvalue weighted by atomic mass is 9.89. The van der Waals surface area contributed by atoms with E-state index in [2.05, 4.69) is 34.6 Å². The number of esters is 1. The summed E-state index contributed by atoms with van der Waals surface area (Å²) in [6, 6.07) is 0. The average Bonchev–Trinajstić information content (AvgIpc) is 2.66. The molecule has 0 aliphatic rings. The van der Waals surface area contributed by atoms with Gasteiger partial charge in [-0.3, -0.25) is 4.79 Å². The summed E-state index contributed by atoms with van der Waals surface area (Å²) >= 11 is 0. The second-order valence-electron chi connectivity index (χ2n) is 11.1. The van der Waals surface area contributed by atoms with E-state index in [9.17, 15) is 4.79 Å². The van der Waals surface area contributed by atoms with Crippen LogP contribution in [-0.2, 0) is 9.53 Å². The first kappa shape index (κ1) is 29.5. The van der Waals surface area contributed by atoms with E-state index in [4.69, 9.17) is 4.74 Å². The fourth-order valence-electron chi connectivity index (χ4n) is 3.96. The van der Waals surface area contributed by atoms with Crippen LogP contribution < -0.4 is 0 Å². The van der Waals surface area contributed by atoms with E-state index in [1.165, 1.54) is 96.3 Å². The molecule has 0 aliphatic heterocycles. The second kappa shape index (κ2) is 20.4. The van der Waals surface area contributed by atoms with Crippen LogP contribution in [0.25, 0.3) is 0 Å². The summed E-state index contributed by atoms with van der Waals surface area (Å²) in [5.74, 6) is 0.879. The van der Waals surface area contributed by atoms with Gasteiger partial charge in [0.05, 0.1) is 6.61 Å². The highest BCUT2D eigenvalue weighted by atomic mass is 16.5. The molecule has 2 nitrogen and oxygen atoms in total. The van der Waals surface area contributed by atoms with Crippen molar-refractivity contribution in [3.63, 3.8) is 0 Å². The van der Waals surface area contributed by atoms with Crippen molar-refractivity contribution < 1.29 is 9.53 Å². The average molecular weight is 425 g/mol. The number of carbonyl (C=O) groups is 1. The molecule has 2 heteroatoms. The van der Waals surface area contributed by atoms with Crippen LogP contribution in [0.3, 0.4) is 0 Å². The molecular weight excluding hydrogens is 368 g/mol. The lowest BCUT2D eigenvalue weighted by Gasteiger charge is -2.17. The van der Waals surface area contributed by atoms with Gasteiger partial charge in [-0.05, 0) is 30.6 Å². The molecule has 30 heavy (non-hydrogen) atoms. The van der Waals surface area contributed by atoms with Crippen molar-refractivity contribution >= 4 is 5.97 Å². The summed E-state index contributed by atoms with van der Waals surface area (Å²) in [5, 5.41) is 0. The Morgan fingerprint density at radius 1 is 0.633 bits per heavy atom. The first-order valence-corrected chi connectivity index (χ1v) is 13.5. The highest BCUT2D eigenvalue weighted by Gasteiger charge is 2.09. The van der Waals surface area contributed by atoms with Crippen LogP contribution in [0.15, 0.2) is 0 Å². The van der Waals surface area contributed by atoms with Crippen molar-refractivity contribution in [1.29, 1.82) is 0 Å². The van der Waals surface area contributed by atoms with Gasteiger partial charge in [0.15, 0.2) is 0 Å². The summed E-state index contributed by atoms with van der Waals surface area (Å²) in [5.41, 5.74) is 0.410. The van der Waals surface area contributed by atoms with E-state index in [0.717, 1.165) is 25.2 Å². The number of hydrogen-bond acceptors (Lipinski definition) is 2. The van der Waals surface area contributed by atoms with E-state index in [1.807, 2.05) is 0 Å². The van der Waals surface area contributed by atoms with Gasteiger partial charge in [-0.25, -0.2) is 0 Å². The van der Waals surface area contributed by atoms with Gasteiger partial charge in [0.1, 0.15) is 0 Å². The van der Waals surface area contributed by atoms with E-state index < -0.39 is 0 Å². The second-order valence-corrected chi connectivity index (χ2v) is 11.1. The molecule has 0 radical (unpaired) electrons. The van der Waals surface area contributed by atoms with Crippen molar-refractivity contribution in [3.05, 3.63) is 0 Å². The van der Waals surface area contributed by atoms with Gasteiger partial charge in [-0.1, -0.05) is 131 Å². The van der Waals surface area contributed by atoms with Crippen molar-refractivity contribution in [3.8, 4) is 0 Å². The summed E-state index contributed by atoms with van der Waals surface area (Å²) in [7, 11) is 0. The first-order valence-electron chi connectivity index (χ1n) is 13.5. The first-order chi connectivity index (χ1) is 14.3. The van der Waals surface area contributed by atoms with Crippen molar-refractivity contribution in [2.24, 2.45) is 11.3 Å². The van der Waals surface area contributed by atoms with Crippen LogP contribution in [0.4, 0.5) is 0 Å². The molecule has 0 aromatic heterocycles. The Morgan fingerprint density at radius 2 is 1.07 bits per heavy atom. The van der Waals surface area contributed by atoms with Gasteiger partial charge in [0.2, 0.25) is 0 Å². The highest BCUT2D eigenvalue weighted by Crippen LogP contribution is 2.22. The van der Waals surface area contributed by atoms with Crippen LogP contribution in [0.5, 0.6) is 0 Å². The molecule has 0 amide bonds. The zero-order valence-electron chi connectivity index (χ0n) is 21.5. The maximum absolute atomic E-state index is 11.7. The Labute approximate surface area is 190 Å². The normalized spacial score (nSPS) is 11.9.